The Bertz CT molecular complexity index is 1850. The molecule has 5 fully saturated rings. The number of esters is 1. The van der Waals surface area contributed by atoms with Crippen LogP contribution in [0.3, 0.4) is 0 Å². The lowest BCUT2D eigenvalue weighted by Crippen LogP contribution is -2.66. The predicted molar refractivity (Wildman–Crippen MR) is 224 cm³/mol. The number of carboxylic acids is 1. The molecule has 0 aromatic heterocycles. The minimum Gasteiger partial charge on any atom is -0.478 e. The van der Waals surface area contributed by atoms with Crippen molar-refractivity contribution in [3.8, 4) is 0 Å². The van der Waals surface area contributed by atoms with Gasteiger partial charge in [0, 0.05) is 19.6 Å². The molecule has 2 aromatic rings. The summed E-state index contributed by atoms with van der Waals surface area (Å²) in [5, 5.41) is 9.55. The monoisotopic (exact) mass is 777 g/mol. The number of rotatable bonds is 11. The predicted octanol–water partition coefficient (Wildman–Crippen LogP) is 10.1. The molecule has 57 heavy (non-hydrogen) atoms. The van der Waals surface area contributed by atoms with Gasteiger partial charge in [-0.2, -0.15) is 0 Å². The van der Waals surface area contributed by atoms with E-state index in [1.165, 1.54) is 24.8 Å². The van der Waals surface area contributed by atoms with Crippen molar-refractivity contribution in [2.75, 3.05) is 46.1 Å². The highest BCUT2D eigenvalue weighted by atomic mass is 16.5. The molecule has 9 unspecified atom stereocenters. The van der Waals surface area contributed by atoms with Gasteiger partial charge in [-0.3, -0.25) is 9.69 Å². The fourth-order valence-electron chi connectivity index (χ4n) is 14.5. The van der Waals surface area contributed by atoms with Crippen LogP contribution in [-0.2, 0) is 25.6 Å². The first-order chi connectivity index (χ1) is 27.2. The number of morpholine rings is 1. The average molecular weight is 778 g/mol. The zero-order chi connectivity index (χ0) is 40.2. The number of carbonyl (C=O) groups is 2. The van der Waals surface area contributed by atoms with Gasteiger partial charge in [-0.15, -0.1) is 0 Å². The van der Waals surface area contributed by atoms with Gasteiger partial charge in [0.15, 0.2) is 0 Å². The molecule has 1 N–H and O–H groups in total. The Morgan fingerprint density at radius 3 is 2.32 bits per heavy atom. The lowest BCUT2D eigenvalue weighted by atomic mass is 9.32. The Hall–Kier alpha value is -3.26. The van der Waals surface area contributed by atoms with Gasteiger partial charge in [-0.05, 0) is 143 Å². The summed E-state index contributed by atoms with van der Waals surface area (Å²) in [5.41, 5.74) is 4.87. The number of nitrogens with zero attached hydrogens (tertiary/aromatic N) is 1. The number of benzene rings is 2. The Morgan fingerprint density at radius 2 is 1.60 bits per heavy atom. The number of hydrogen-bond donors (Lipinski definition) is 1. The molecule has 1 heterocycles. The first kappa shape index (κ1) is 40.5. The third-order valence-corrected chi connectivity index (χ3v) is 17.5. The average Bonchev–Trinajstić information content (AvgIpc) is 3.60. The van der Waals surface area contributed by atoms with Gasteiger partial charge >= 0.3 is 11.9 Å². The quantitative estimate of drug-likeness (QED) is 0.138. The number of hydrogen-bond acceptors (Lipinski definition) is 6. The lowest BCUT2D eigenvalue weighted by Gasteiger charge is -2.72. The molecule has 8 rings (SSSR count). The molecule has 2 aromatic carbocycles. The lowest BCUT2D eigenvalue weighted by molar-refractivity contribution is -0.229. The first-order valence-corrected chi connectivity index (χ1v) is 22.1. The minimum absolute atomic E-state index is 0.00738. The van der Waals surface area contributed by atoms with E-state index in [-0.39, 0.29) is 39.5 Å². The number of carboxylic acid groups (broad SMARTS) is 1. The number of ether oxygens (including phenoxy) is 3. The maximum Gasteiger partial charge on any atom is 0.335 e. The SMILES string of the molecule is C=C(COCCN1CCOCC1)C1CCC2(C(=O)OCc3ccccc3)CCC3(C)C(CCC4C5(C)CC=C(c6ccc(C(=O)O)cc6)C(C)(C)C5CCC43C)C12. The second kappa shape index (κ2) is 15.4. The molecule has 4 saturated carbocycles. The van der Waals surface area contributed by atoms with E-state index in [1.54, 1.807) is 12.1 Å². The van der Waals surface area contributed by atoms with Crippen LogP contribution in [0.25, 0.3) is 5.57 Å². The Kier molecular flexibility index (Phi) is 10.9. The summed E-state index contributed by atoms with van der Waals surface area (Å²) in [6.45, 7) is 23.5. The van der Waals surface area contributed by atoms with Crippen molar-refractivity contribution in [3.05, 3.63) is 89.5 Å². The number of fused-ring (bicyclic) bond motifs is 7. The maximum atomic E-state index is 14.7. The van der Waals surface area contributed by atoms with E-state index in [0.29, 0.717) is 43.1 Å². The normalized spacial score (nSPS) is 37.1. The van der Waals surface area contributed by atoms with Crippen LogP contribution in [0.5, 0.6) is 0 Å². The van der Waals surface area contributed by atoms with Crippen LogP contribution >= 0.6 is 0 Å². The Balaban J connectivity index is 1.07. The van der Waals surface area contributed by atoms with E-state index >= 15 is 0 Å². The van der Waals surface area contributed by atoms with Crippen LogP contribution in [0.4, 0.5) is 0 Å². The number of allylic oxidation sites excluding steroid dienone is 2. The van der Waals surface area contributed by atoms with Crippen LogP contribution in [0.2, 0.25) is 0 Å². The Morgan fingerprint density at radius 1 is 0.860 bits per heavy atom. The fraction of sp³-hybridized carbons (Fsp3) is 0.640. The first-order valence-electron chi connectivity index (χ1n) is 22.1. The van der Waals surface area contributed by atoms with Gasteiger partial charge in [0.2, 0.25) is 0 Å². The van der Waals surface area contributed by atoms with Gasteiger partial charge in [-0.1, -0.05) is 89.7 Å². The molecular formula is C50H67NO6. The highest BCUT2D eigenvalue weighted by Gasteiger charge is 2.72. The highest BCUT2D eigenvalue weighted by Crippen LogP contribution is 2.78. The summed E-state index contributed by atoms with van der Waals surface area (Å²) in [4.78, 5) is 28.7. The summed E-state index contributed by atoms with van der Waals surface area (Å²) in [7, 11) is 0. The molecule has 5 aliphatic carbocycles. The summed E-state index contributed by atoms with van der Waals surface area (Å²) >= 11 is 0. The zero-order valence-corrected chi connectivity index (χ0v) is 35.3. The molecule has 0 amide bonds. The third-order valence-electron chi connectivity index (χ3n) is 17.5. The van der Waals surface area contributed by atoms with Gasteiger partial charge in [0.1, 0.15) is 6.61 Å². The van der Waals surface area contributed by atoms with Gasteiger partial charge < -0.3 is 19.3 Å². The van der Waals surface area contributed by atoms with E-state index in [1.807, 2.05) is 42.5 Å². The summed E-state index contributed by atoms with van der Waals surface area (Å²) in [5.74, 6) is 1.05. The fourth-order valence-corrected chi connectivity index (χ4v) is 14.5. The molecule has 0 bridgehead atoms. The van der Waals surface area contributed by atoms with Gasteiger partial charge in [0.05, 0.1) is 37.4 Å². The van der Waals surface area contributed by atoms with Crippen molar-refractivity contribution in [3.63, 3.8) is 0 Å². The van der Waals surface area contributed by atoms with Crippen molar-refractivity contribution >= 4 is 17.5 Å². The van der Waals surface area contributed by atoms with Crippen molar-refractivity contribution in [2.24, 2.45) is 56.7 Å². The Labute approximate surface area is 341 Å². The number of carbonyl (C=O) groups excluding carboxylic acids is 1. The maximum absolute atomic E-state index is 14.7. The molecule has 1 aliphatic heterocycles. The third kappa shape index (κ3) is 6.76. The molecule has 7 heteroatoms. The smallest absolute Gasteiger partial charge is 0.335 e. The van der Waals surface area contributed by atoms with E-state index in [9.17, 15) is 14.7 Å². The largest absolute Gasteiger partial charge is 0.478 e. The van der Waals surface area contributed by atoms with E-state index in [0.717, 1.165) is 88.1 Å². The molecule has 1 saturated heterocycles. The van der Waals surface area contributed by atoms with Crippen molar-refractivity contribution in [1.29, 1.82) is 0 Å². The second-order valence-electron chi connectivity index (χ2n) is 20.1. The second-order valence-corrected chi connectivity index (χ2v) is 20.1. The highest BCUT2D eigenvalue weighted by molar-refractivity contribution is 5.88. The van der Waals surface area contributed by atoms with Crippen molar-refractivity contribution in [2.45, 2.75) is 99.0 Å². The van der Waals surface area contributed by atoms with Crippen LogP contribution in [0.15, 0.2) is 72.8 Å². The zero-order valence-electron chi connectivity index (χ0n) is 35.3. The summed E-state index contributed by atoms with van der Waals surface area (Å²) in [6.07, 6.45) is 12.0. The van der Waals surface area contributed by atoms with E-state index in [4.69, 9.17) is 20.8 Å². The van der Waals surface area contributed by atoms with Gasteiger partial charge in [-0.25, -0.2) is 4.79 Å². The summed E-state index contributed by atoms with van der Waals surface area (Å²) in [6, 6.07) is 17.7. The van der Waals surface area contributed by atoms with Crippen molar-refractivity contribution < 1.29 is 28.9 Å². The standard InChI is InChI=1S/C50H67NO6/c1-34(32-56-31-28-51-26-29-55-30-27-51)38-18-23-50(45(54)57-33-35-10-8-7-9-11-35)25-24-48(5)40(43(38)50)16-17-42-47(4)21-19-39(36-12-14-37(15-13-36)44(52)53)46(2,3)41(47)20-22-49(42,48)6/h7-15,19,38,40-43H,1,16-18,20-33H2,2-6H3,(H,52,53). The van der Waals surface area contributed by atoms with Crippen LogP contribution < -0.4 is 0 Å². The summed E-state index contributed by atoms with van der Waals surface area (Å²) < 4.78 is 18.3. The minimum atomic E-state index is -0.883. The number of aromatic carboxylic acids is 1. The molecule has 6 aliphatic rings. The molecule has 0 spiro atoms. The molecule has 7 nitrogen and oxygen atoms in total. The molecular weight excluding hydrogens is 711 g/mol. The molecule has 9 atom stereocenters. The molecule has 308 valence electrons. The van der Waals surface area contributed by atoms with Gasteiger partial charge in [0.25, 0.3) is 0 Å². The van der Waals surface area contributed by atoms with Crippen LogP contribution in [-0.4, -0.2) is 68.0 Å². The van der Waals surface area contributed by atoms with E-state index < -0.39 is 11.4 Å². The van der Waals surface area contributed by atoms with Crippen LogP contribution in [0.1, 0.15) is 114 Å². The van der Waals surface area contributed by atoms with E-state index in [2.05, 4.69) is 45.6 Å². The topological polar surface area (TPSA) is 85.3 Å². The van der Waals surface area contributed by atoms with Crippen molar-refractivity contribution in [1.82, 2.24) is 4.90 Å². The van der Waals surface area contributed by atoms with Crippen LogP contribution in [0, 0.1) is 56.7 Å². The molecule has 0 radical (unpaired) electrons.